The van der Waals surface area contributed by atoms with Crippen molar-refractivity contribution in [3.63, 3.8) is 0 Å². The van der Waals surface area contributed by atoms with E-state index in [1.165, 1.54) is 0 Å². The van der Waals surface area contributed by atoms with Gasteiger partial charge in [0, 0.05) is 24.2 Å². The fourth-order valence-electron chi connectivity index (χ4n) is 4.34. The van der Waals surface area contributed by atoms with Gasteiger partial charge in [0.15, 0.2) is 0 Å². The first-order valence-corrected chi connectivity index (χ1v) is 9.61. The van der Waals surface area contributed by atoms with Crippen LogP contribution in [-0.2, 0) is 15.2 Å². The Balaban J connectivity index is 1.81. The Labute approximate surface area is 164 Å². The predicted octanol–water partition coefficient (Wildman–Crippen LogP) is 4.06. The van der Waals surface area contributed by atoms with E-state index in [9.17, 15) is 4.79 Å². The number of fused-ring (bicyclic) bond motifs is 1. The second-order valence-electron chi connectivity index (χ2n) is 7.09. The summed E-state index contributed by atoms with van der Waals surface area (Å²) in [6.07, 6.45) is 0. The van der Waals surface area contributed by atoms with Crippen molar-refractivity contribution in [2.45, 2.75) is 5.72 Å². The van der Waals surface area contributed by atoms with Gasteiger partial charge in [0.2, 0.25) is 5.72 Å². The van der Waals surface area contributed by atoms with Crippen molar-refractivity contribution in [2.75, 3.05) is 26.3 Å². The molecule has 0 spiro atoms. The number of hydrogen-bond acceptors (Lipinski definition) is 4. The lowest BCUT2D eigenvalue weighted by molar-refractivity contribution is -0.118. The number of carbonyl (C=O) groups excluding carboxylic acids is 1. The van der Waals surface area contributed by atoms with Crippen LogP contribution in [0, 0.1) is 0 Å². The molecule has 1 atom stereocenters. The summed E-state index contributed by atoms with van der Waals surface area (Å²) in [5.41, 5.74) is 3.69. The van der Waals surface area contributed by atoms with Crippen LogP contribution in [0.15, 0.2) is 78.9 Å². The maximum atomic E-state index is 13.0. The van der Waals surface area contributed by atoms with E-state index in [0.29, 0.717) is 31.9 Å². The van der Waals surface area contributed by atoms with Gasteiger partial charge in [0.1, 0.15) is 0 Å². The van der Waals surface area contributed by atoms with Crippen LogP contribution in [0.2, 0.25) is 0 Å². The maximum absolute atomic E-state index is 13.0. The third-order valence-electron chi connectivity index (χ3n) is 5.57. The van der Waals surface area contributed by atoms with Gasteiger partial charge >= 0.3 is 5.97 Å². The summed E-state index contributed by atoms with van der Waals surface area (Å²) in [6.45, 7) is 2.64. The first kappa shape index (κ1) is 17.2. The molecule has 2 aliphatic rings. The normalized spacial score (nSPS) is 21.9. The van der Waals surface area contributed by atoms with Gasteiger partial charge in [-0.3, -0.25) is 4.90 Å². The largest absolute Gasteiger partial charge is 0.431 e. The average Bonchev–Trinajstić information content (AvgIpc) is 3.09. The lowest BCUT2D eigenvalue weighted by Crippen LogP contribution is -2.52. The van der Waals surface area contributed by atoms with E-state index in [1.807, 2.05) is 60.7 Å². The molecule has 140 valence electrons. The minimum Gasteiger partial charge on any atom is -0.431 e. The minimum atomic E-state index is -0.941. The van der Waals surface area contributed by atoms with E-state index in [2.05, 4.69) is 23.1 Å². The first-order chi connectivity index (χ1) is 13.8. The molecule has 1 fully saturated rings. The Bertz CT molecular complexity index is 997. The molecule has 3 aromatic carbocycles. The van der Waals surface area contributed by atoms with Crippen LogP contribution in [0.25, 0.3) is 11.1 Å². The smallest absolute Gasteiger partial charge is 0.340 e. The van der Waals surface area contributed by atoms with Crippen molar-refractivity contribution in [2.24, 2.45) is 0 Å². The van der Waals surface area contributed by atoms with E-state index in [-0.39, 0.29) is 5.97 Å². The molecule has 1 unspecified atom stereocenters. The number of rotatable bonds is 3. The van der Waals surface area contributed by atoms with Crippen molar-refractivity contribution >= 4 is 5.97 Å². The zero-order chi connectivity index (χ0) is 19.0. The Morgan fingerprint density at radius 1 is 0.750 bits per heavy atom. The van der Waals surface area contributed by atoms with Crippen molar-refractivity contribution in [3.05, 3.63) is 95.6 Å². The highest BCUT2D eigenvalue weighted by molar-refractivity contribution is 5.98. The molecule has 0 aliphatic carbocycles. The highest BCUT2D eigenvalue weighted by Gasteiger charge is 2.53. The molecule has 2 aliphatic heterocycles. The van der Waals surface area contributed by atoms with E-state index in [0.717, 1.165) is 22.3 Å². The van der Waals surface area contributed by atoms with Crippen LogP contribution < -0.4 is 0 Å². The van der Waals surface area contributed by atoms with Crippen LogP contribution in [-0.4, -0.2) is 37.2 Å². The predicted molar refractivity (Wildman–Crippen MR) is 107 cm³/mol. The van der Waals surface area contributed by atoms with Gasteiger partial charge in [-0.2, -0.15) is 0 Å². The Hall–Kier alpha value is -2.95. The van der Waals surface area contributed by atoms with E-state index in [4.69, 9.17) is 9.47 Å². The van der Waals surface area contributed by atoms with Crippen molar-refractivity contribution in [3.8, 4) is 11.1 Å². The van der Waals surface area contributed by atoms with Gasteiger partial charge in [-0.15, -0.1) is 0 Å². The molecular formula is C24H21NO3. The Kier molecular flexibility index (Phi) is 4.23. The number of cyclic esters (lactones) is 1. The Morgan fingerprint density at radius 3 is 2.11 bits per heavy atom. The highest BCUT2D eigenvalue weighted by atomic mass is 16.6. The van der Waals surface area contributed by atoms with Gasteiger partial charge in [-0.25, -0.2) is 4.79 Å². The molecule has 0 N–H and O–H groups in total. The molecule has 3 aromatic rings. The molecule has 0 aromatic heterocycles. The lowest BCUT2D eigenvalue weighted by atomic mass is 9.85. The number of hydrogen-bond donors (Lipinski definition) is 0. The summed E-state index contributed by atoms with van der Waals surface area (Å²) < 4.78 is 11.8. The van der Waals surface area contributed by atoms with Crippen LogP contribution in [0.5, 0.6) is 0 Å². The fraction of sp³-hybridized carbons (Fsp3) is 0.208. The number of morpholine rings is 1. The average molecular weight is 371 g/mol. The summed E-state index contributed by atoms with van der Waals surface area (Å²) in [4.78, 5) is 15.2. The zero-order valence-electron chi connectivity index (χ0n) is 15.5. The van der Waals surface area contributed by atoms with E-state index < -0.39 is 5.72 Å². The van der Waals surface area contributed by atoms with Crippen LogP contribution in [0.1, 0.15) is 21.5 Å². The highest BCUT2D eigenvalue weighted by Crippen LogP contribution is 2.48. The van der Waals surface area contributed by atoms with Gasteiger partial charge in [-0.1, -0.05) is 72.8 Å². The summed E-state index contributed by atoms with van der Waals surface area (Å²) in [5, 5.41) is 0. The standard InChI is InChI=1S/C24H21NO3/c26-23-21-13-7-12-20(18-8-3-1-4-9-18)22(21)24(28-23,19-10-5-2-6-11-19)25-14-16-27-17-15-25/h1-13H,14-17H2. The molecule has 0 bridgehead atoms. The van der Waals surface area contributed by atoms with Gasteiger partial charge in [0.25, 0.3) is 0 Å². The first-order valence-electron chi connectivity index (χ1n) is 9.61. The van der Waals surface area contributed by atoms with Gasteiger partial charge in [0.05, 0.1) is 18.8 Å². The third kappa shape index (κ3) is 2.57. The van der Waals surface area contributed by atoms with Crippen molar-refractivity contribution in [1.82, 2.24) is 4.90 Å². The minimum absolute atomic E-state index is 0.275. The summed E-state index contributed by atoms with van der Waals surface area (Å²) in [5.74, 6) is -0.275. The molecule has 0 radical (unpaired) electrons. The number of carbonyl (C=O) groups is 1. The zero-order valence-corrected chi connectivity index (χ0v) is 15.5. The molecule has 2 heterocycles. The van der Waals surface area contributed by atoms with Gasteiger partial charge in [-0.05, 0) is 17.2 Å². The summed E-state index contributed by atoms with van der Waals surface area (Å²) >= 11 is 0. The molecule has 0 amide bonds. The second-order valence-corrected chi connectivity index (χ2v) is 7.09. The lowest BCUT2D eigenvalue weighted by Gasteiger charge is -2.43. The molecule has 28 heavy (non-hydrogen) atoms. The molecule has 1 saturated heterocycles. The van der Waals surface area contributed by atoms with E-state index >= 15 is 0 Å². The Morgan fingerprint density at radius 2 is 1.39 bits per heavy atom. The maximum Gasteiger partial charge on any atom is 0.340 e. The van der Waals surface area contributed by atoms with Crippen molar-refractivity contribution in [1.29, 1.82) is 0 Å². The van der Waals surface area contributed by atoms with Crippen LogP contribution in [0.3, 0.4) is 0 Å². The van der Waals surface area contributed by atoms with Crippen molar-refractivity contribution < 1.29 is 14.3 Å². The number of esters is 1. The van der Waals surface area contributed by atoms with Crippen LogP contribution >= 0.6 is 0 Å². The summed E-state index contributed by atoms with van der Waals surface area (Å²) in [7, 11) is 0. The van der Waals surface area contributed by atoms with E-state index in [1.54, 1.807) is 0 Å². The third-order valence-corrected chi connectivity index (χ3v) is 5.57. The van der Waals surface area contributed by atoms with Crippen LogP contribution in [0.4, 0.5) is 0 Å². The quantitative estimate of drug-likeness (QED) is 0.651. The second kappa shape index (κ2) is 6.89. The molecule has 4 nitrogen and oxygen atoms in total. The number of ether oxygens (including phenoxy) is 2. The number of benzene rings is 3. The molecule has 4 heteroatoms. The fourth-order valence-corrected chi connectivity index (χ4v) is 4.34. The SMILES string of the molecule is O=C1OC(c2ccccc2)(N2CCOCC2)c2c1cccc2-c1ccccc1. The molecule has 5 rings (SSSR count). The molecular weight excluding hydrogens is 350 g/mol. The topological polar surface area (TPSA) is 38.8 Å². The van der Waals surface area contributed by atoms with Gasteiger partial charge < -0.3 is 9.47 Å². The number of nitrogens with zero attached hydrogens (tertiary/aromatic N) is 1. The summed E-state index contributed by atoms with van der Waals surface area (Å²) in [6, 6.07) is 26.1. The monoisotopic (exact) mass is 371 g/mol. The molecule has 0 saturated carbocycles.